The first-order chi connectivity index (χ1) is 17.8. The molecule has 1 aliphatic rings. The van der Waals surface area contributed by atoms with Gasteiger partial charge in [-0.15, -0.1) is 0 Å². The van der Waals surface area contributed by atoms with Gasteiger partial charge in [0.05, 0.1) is 6.61 Å². The topological polar surface area (TPSA) is 95.0 Å². The number of nitrogens with zero attached hydrogens (tertiary/aromatic N) is 2. The van der Waals surface area contributed by atoms with Crippen molar-refractivity contribution in [2.24, 2.45) is 0 Å². The van der Waals surface area contributed by atoms with Crippen molar-refractivity contribution in [2.75, 3.05) is 13.2 Å². The van der Waals surface area contributed by atoms with Crippen LogP contribution in [0, 0.1) is 11.8 Å². The molecular formula is C29H34N2O6. The summed E-state index contributed by atoms with van der Waals surface area (Å²) in [6.07, 6.45) is 3.26. The Hall–Kier alpha value is -3.70. The molecule has 0 N–H and O–H groups in total. The molecule has 1 amide bonds. The maximum absolute atomic E-state index is 13.0. The van der Waals surface area contributed by atoms with Crippen LogP contribution in [0.25, 0.3) is 0 Å². The lowest BCUT2D eigenvalue weighted by Crippen LogP contribution is -2.57. The van der Waals surface area contributed by atoms with Crippen LogP contribution in [0.5, 0.6) is 0 Å². The number of unbranched alkanes of at least 4 members (excludes halogenated alkanes) is 1. The molecule has 1 fully saturated rings. The number of ether oxygens (including phenoxy) is 3. The van der Waals surface area contributed by atoms with E-state index in [1.807, 2.05) is 18.2 Å². The Labute approximate surface area is 218 Å². The number of aryl methyl sites for hydroxylation is 1. The molecule has 8 nitrogen and oxygen atoms in total. The third-order valence-electron chi connectivity index (χ3n) is 5.96. The summed E-state index contributed by atoms with van der Waals surface area (Å²) >= 11 is 0. The van der Waals surface area contributed by atoms with Gasteiger partial charge < -0.3 is 14.2 Å². The lowest BCUT2D eigenvalue weighted by molar-refractivity contribution is -0.221. The van der Waals surface area contributed by atoms with Crippen molar-refractivity contribution >= 4 is 17.8 Å². The Morgan fingerprint density at radius 3 is 2.51 bits per heavy atom. The molecule has 1 aliphatic heterocycles. The molecule has 2 heterocycles. The molecule has 0 saturated carbocycles. The fourth-order valence-electron chi connectivity index (χ4n) is 4.45. The van der Waals surface area contributed by atoms with E-state index in [-0.39, 0.29) is 18.9 Å². The van der Waals surface area contributed by atoms with Crippen LogP contribution in [0.1, 0.15) is 69.8 Å². The van der Waals surface area contributed by atoms with Gasteiger partial charge in [0, 0.05) is 40.2 Å². The summed E-state index contributed by atoms with van der Waals surface area (Å²) in [5.41, 5.74) is 0.433. The van der Waals surface area contributed by atoms with Crippen LogP contribution in [0.4, 0.5) is 0 Å². The minimum Gasteiger partial charge on any atom is -0.466 e. The standard InChI is InChI=1S/C29H34N2O6/c1-22(32)31(28-18-11-20-36-28)29(37-24(3)34,19-21-35-23(2)33)27-17-10-16-26(30-27)15-9-5-8-14-25-12-6-4-7-13-25/h4,6-7,10,12-13,16-17,28H,5,8,11,14,18-21H2,1-3H3. The van der Waals surface area contributed by atoms with Crippen molar-refractivity contribution in [1.29, 1.82) is 0 Å². The molecule has 0 radical (unpaired) electrons. The van der Waals surface area contributed by atoms with Crippen LogP contribution < -0.4 is 0 Å². The number of amides is 1. The largest absolute Gasteiger partial charge is 0.466 e. The van der Waals surface area contributed by atoms with E-state index in [0.717, 1.165) is 19.3 Å². The van der Waals surface area contributed by atoms with Crippen molar-refractivity contribution in [2.45, 2.75) is 71.2 Å². The van der Waals surface area contributed by atoms with Crippen molar-refractivity contribution in [1.82, 2.24) is 9.88 Å². The first kappa shape index (κ1) is 27.9. The van der Waals surface area contributed by atoms with Gasteiger partial charge in [0.1, 0.15) is 17.6 Å². The molecule has 8 heteroatoms. The second kappa shape index (κ2) is 13.6. The molecule has 196 valence electrons. The average Bonchev–Trinajstić information content (AvgIpc) is 3.38. The van der Waals surface area contributed by atoms with E-state index in [9.17, 15) is 14.4 Å². The molecule has 37 heavy (non-hydrogen) atoms. The lowest BCUT2D eigenvalue weighted by Gasteiger charge is -2.44. The van der Waals surface area contributed by atoms with E-state index < -0.39 is 23.9 Å². The number of carbonyl (C=O) groups is 3. The fourth-order valence-corrected chi connectivity index (χ4v) is 4.45. The van der Waals surface area contributed by atoms with Crippen molar-refractivity contribution < 1.29 is 28.6 Å². The highest BCUT2D eigenvalue weighted by atomic mass is 16.6. The minimum absolute atomic E-state index is 0.00738. The number of aromatic nitrogens is 1. The summed E-state index contributed by atoms with van der Waals surface area (Å²) in [6, 6.07) is 15.4. The first-order valence-corrected chi connectivity index (χ1v) is 12.6. The predicted molar refractivity (Wildman–Crippen MR) is 137 cm³/mol. The number of carbonyl (C=O) groups excluding carboxylic acids is 3. The number of rotatable bonds is 10. The maximum Gasteiger partial charge on any atom is 0.305 e. The van der Waals surface area contributed by atoms with Crippen LogP contribution in [-0.4, -0.2) is 47.2 Å². The van der Waals surface area contributed by atoms with Gasteiger partial charge in [0.15, 0.2) is 0 Å². The molecule has 1 aromatic heterocycles. The third kappa shape index (κ3) is 7.89. The highest BCUT2D eigenvalue weighted by Crippen LogP contribution is 2.37. The quantitative estimate of drug-likeness (QED) is 0.207. The van der Waals surface area contributed by atoms with E-state index in [2.05, 4.69) is 29.0 Å². The molecule has 0 aliphatic carbocycles. The van der Waals surface area contributed by atoms with Crippen molar-refractivity contribution in [3.05, 3.63) is 65.5 Å². The highest BCUT2D eigenvalue weighted by molar-refractivity contribution is 5.75. The molecule has 2 unspecified atom stereocenters. The summed E-state index contributed by atoms with van der Waals surface area (Å²) in [5, 5.41) is 0. The Morgan fingerprint density at radius 2 is 1.86 bits per heavy atom. The molecule has 0 bridgehead atoms. The molecule has 2 aromatic rings. The van der Waals surface area contributed by atoms with E-state index >= 15 is 0 Å². The van der Waals surface area contributed by atoms with E-state index in [1.165, 1.54) is 31.2 Å². The van der Waals surface area contributed by atoms with Gasteiger partial charge in [0.25, 0.3) is 0 Å². The van der Waals surface area contributed by atoms with Gasteiger partial charge >= 0.3 is 11.9 Å². The van der Waals surface area contributed by atoms with Gasteiger partial charge in [-0.1, -0.05) is 42.3 Å². The predicted octanol–water partition coefficient (Wildman–Crippen LogP) is 4.11. The molecule has 2 atom stereocenters. The SMILES string of the molecule is CC(=O)OCCC(OC(C)=O)(c1cccc(C#CCCCc2ccccc2)n1)N(C(C)=O)C1CCCO1. The third-order valence-corrected chi connectivity index (χ3v) is 5.96. The fraction of sp³-hybridized carbons (Fsp3) is 0.448. The number of pyridine rings is 1. The zero-order chi connectivity index (χ0) is 26.7. The molecule has 3 rings (SSSR count). The van der Waals surface area contributed by atoms with Gasteiger partial charge in [-0.2, -0.15) is 0 Å². The maximum atomic E-state index is 13.0. The van der Waals surface area contributed by atoms with Crippen LogP contribution in [0.15, 0.2) is 48.5 Å². The summed E-state index contributed by atoms with van der Waals surface area (Å²) in [5.74, 6) is 4.81. The van der Waals surface area contributed by atoms with Gasteiger partial charge in [-0.05, 0) is 49.3 Å². The Balaban J connectivity index is 1.91. The monoisotopic (exact) mass is 506 g/mol. The van der Waals surface area contributed by atoms with Gasteiger partial charge in [-0.25, -0.2) is 4.98 Å². The van der Waals surface area contributed by atoms with E-state index in [4.69, 9.17) is 14.2 Å². The van der Waals surface area contributed by atoms with Crippen LogP contribution in [0.3, 0.4) is 0 Å². The lowest BCUT2D eigenvalue weighted by atomic mass is 10.00. The molecule has 0 spiro atoms. The molecular weight excluding hydrogens is 472 g/mol. The Bertz CT molecular complexity index is 1130. The summed E-state index contributed by atoms with van der Waals surface area (Å²) in [6.45, 7) is 4.35. The molecule has 1 aromatic carbocycles. The van der Waals surface area contributed by atoms with Crippen LogP contribution in [-0.2, 0) is 40.7 Å². The minimum atomic E-state index is -1.63. The van der Waals surface area contributed by atoms with Crippen molar-refractivity contribution in [3.8, 4) is 11.8 Å². The smallest absolute Gasteiger partial charge is 0.305 e. The van der Waals surface area contributed by atoms with Gasteiger partial charge in [0.2, 0.25) is 11.6 Å². The number of hydrogen-bond acceptors (Lipinski definition) is 7. The Kier molecular flexibility index (Phi) is 10.2. The normalized spacial score (nSPS) is 16.1. The summed E-state index contributed by atoms with van der Waals surface area (Å²) in [7, 11) is 0. The van der Waals surface area contributed by atoms with Crippen LogP contribution in [0.2, 0.25) is 0 Å². The number of esters is 2. The van der Waals surface area contributed by atoms with E-state index in [1.54, 1.807) is 18.2 Å². The van der Waals surface area contributed by atoms with Crippen molar-refractivity contribution in [3.63, 3.8) is 0 Å². The number of benzene rings is 1. The first-order valence-electron chi connectivity index (χ1n) is 12.6. The summed E-state index contributed by atoms with van der Waals surface area (Å²) < 4.78 is 16.9. The zero-order valence-electron chi connectivity index (χ0n) is 21.7. The second-order valence-electron chi connectivity index (χ2n) is 8.87. The summed E-state index contributed by atoms with van der Waals surface area (Å²) in [4.78, 5) is 42.9. The average molecular weight is 507 g/mol. The van der Waals surface area contributed by atoms with Crippen LogP contribution >= 0.6 is 0 Å². The van der Waals surface area contributed by atoms with E-state index in [0.29, 0.717) is 30.8 Å². The zero-order valence-corrected chi connectivity index (χ0v) is 21.7. The molecule has 1 saturated heterocycles. The highest BCUT2D eigenvalue weighted by Gasteiger charge is 2.49. The van der Waals surface area contributed by atoms with Gasteiger partial charge in [-0.3, -0.25) is 19.3 Å². The Morgan fingerprint density at radius 1 is 1.08 bits per heavy atom. The number of hydrogen-bond donors (Lipinski definition) is 0. The second-order valence-corrected chi connectivity index (χ2v) is 8.87.